The van der Waals surface area contributed by atoms with Gasteiger partial charge in [-0.2, -0.15) is 0 Å². The van der Waals surface area contributed by atoms with E-state index in [0.717, 1.165) is 31.4 Å². The van der Waals surface area contributed by atoms with Crippen molar-refractivity contribution in [2.75, 3.05) is 31.9 Å². The molecule has 0 aliphatic rings. The van der Waals surface area contributed by atoms with E-state index in [-0.39, 0.29) is 23.6 Å². The van der Waals surface area contributed by atoms with E-state index >= 15 is 0 Å². The van der Waals surface area contributed by atoms with Gasteiger partial charge < -0.3 is 24.8 Å². The summed E-state index contributed by atoms with van der Waals surface area (Å²) in [6.45, 7) is 8.58. The number of benzene rings is 3. The lowest BCUT2D eigenvalue weighted by Gasteiger charge is -2.16. The molecule has 1 heterocycles. The summed E-state index contributed by atoms with van der Waals surface area (Å²) in [6.07, 6.45) is 0. The third-order valence-corrected chi connectivity index (χ3v) is 8.48. The number of hydrogen-bond acceptors (Lipinski definition) is 8. The minimum absolute atomic E-state index is 0.0737. The molecule has 0 fully saturated rings. The van der Waals surface area contributed by atoms with Crippen LogP contribution in [0.4, 0.5) is 5.69 Å². The predicted molar refractivity (Wildman–Crippen MR) is 166 cm³/mol. The second-order valence-corrected chi connectivity index (χ2v) is 12.2. The minimum Gasteiger partial charge on any atom is -0.497 e. The van der Waals surface area contributed by atoms with Crippen LogP contribution in [-0.4, -0.2) is 43.4 Å². The van der Waals surface area contributed by atoms with Crippen molar-refractivity contribution in [1.29, 1.82) is 0 Å². The molecule has 2 amide bonds. The highest BCUT2D eigenvalue weighted by Gasteiger charge is 2.19. The molecule has 41 heavy (non-hydrogen) atoms. The van der Waals surface area contributed by atoms with E-state index in [0.29, 0.717) is 35.3 Å². The van der Waals surface area contributed by atoms with Crippen LogP contribution in [0.3, 0.4) is 0 Å². The first-order valence-electron chi connectivity index (χ1n) is 13.3. The lowest BCUT2D eigenvalue weighted by molar-refractivity contribution is -0.119. The topological polar surface area (TPSA) is 98.8 Å². The summed E-state index contributed by atoms with van der Waals surface area (Å²) < 4.78 is 18.3. The standard InChI is InChI=1S/C31H35N3O5S2/c1-18(2)16-39-26-14-12-24(29(38-6)19(26)3)30(36)33-22-9-13-25-27(15-22)41-31(34-25)40-17-28(35)32-20(4)21-7-10-23(37-5)11-8-21/h7-15,18,20H,16-17H2,1-6H3,(H,32,35)(H,33,36)/t20-/m0/s1. The monoisotopic (exact) mass is 593 g/mol. The molecule has 2 N–H and O–H groups in total. The number of methoxy groups -OCH3 is 2. The smallest absolute Gasteiger partial charge is 0.259 e. The number of nitrogens with one attached hydrogen (secondary N) is 2. The van der Waals surface area contributed by atoms with Gasteiger partial charge in [0.05, 0.1) is 48.4 Å². The average molecular weight is 594 g/mol. The molecule has 4 aromatic rings. The first kappa shape index (κ1) is 30.2. The molecule has 0 bridgehead atoms. The summed E-state index contributed by atoms with van der Waals surface area (Å²) in [5.74, 6) is 2.25. The van der Waals surface area contributed by atoms with Gasteiger partial charge in [0.25, 0.3) is 5.91 Å². The molecule has 0 aliphatic heterocycles. The second-order valence-electron chi connectivity index (χ2n) is 9.94. The minimum atomic E-state index is -0.276. The Labute approximate surface area is 248 Å². The third kappa shape index (κ3) is 7.71. The van der Waals surface area contributed by atoms with Gasteiger partial charge in [0.1, 0.15) is 17.2 Å². The SMILES string of the molecule is COc1ccc([C@H](C)NC(=O)CSc2nc3ccc(NC(=O)c4ccc(OCC(C)C)c(C)c4OC)cc3s2)cc1. The summed E-state index contributed by atoms with van der Waals surface area (Å²) >= 11 is 2.87. The van der Waals surface area contributed by atoms with Gasteiger partial charge >= 0.3 is 0 Å². The molecule has 0 saturated heterocycles. The Bertz CT molecular complexity index is 1520. The number of thiazole rings is 1. The Morgan fingerprint density at radius 1 is 1.00 bits per heavy atom. The molecule has 1 aromatic heterocycles. The molecule has 3 aromatic carbocycles. The Morgan fingerprint density at radius 3 is 2.44 bits per heavy atom. The van der Waals surface area contributed by atoms with Crippen molar-refractivity contribution in [3.05, 3.63) is 71.3 Å². The molecule has 1 atom stereocenters. The largest absolute Gasteiger partial charge is 0.497 e. The molecule has 4 rings (SSSR count). The van der Waals surface area contributed by atoms with Crippen LogP contribution in [0, 0.1) is 12.8 Å². The number of fused-ring (bicyclic) bond motifs is 1. The normalized spacial score (nSPS) is 11.8. The average Bonchev–Trinajstić information content (AvgIpc) is 3.37. The van der Waals surface area contributed by atoms with Gasteiger partial charge in [-0.05, 0) is 67.8 Å². The van der Waals surface area contributed by atoms with Crippen LogP contribution in [0.25, 0.3) is 10.2 Å². The zero-order valence-electron chi connectivity index (χ0n) is 24.1. The van der Waals surface area contributed by atoms with E-state index in [1.54, 1.807) is 26.4 Å². The van der Waals surface area contributed by atoms with E-state index in [1.807, 2.05) is 56.3 Å². The van der Waals surface area contributed by atoms with Gasteiger partial charge in [-0.15, -0.1) is 11.3 Å². The van der Waals surface area contributed by atoms with Crippen LogP contribution in [0.15, 0.2) is 58.9 Å². The first-order valence-corrected chi connectivity index (χ1v) is 15.1. The summed E-state index contributed by atoms with van der Waals surface area (Å²) in [6, 6.07) is 16.6. The van der Waals surface area contributed by atoms with Crippen LogP contribution in [0.2, 0.25) is 0 Å². The van der Waals surface area contributed by atoms with Gasteiger partial charge in [-0.3, -0.25) is 9.59 Å². The van der Waals surface area contributed by atoms with Gasteiger partial charge in [-0.25, -0.2) is 4.98 Å². The molecule has 0 unspecified atom stereocenters. The highest BCUT2D eigenvalue weighted by Crippen LogP contribution is 2.34. The zero-order valence-corrected chi connectivity index (χ0v) is 25.7. The molecule has 0 radical (unpaired) electrons. The van der Waals surface area contributed by atoms with Crippen LogP contribution in [0.1, 0.15) is 48.3 Å². The summed E-state index contributed by atoms with van der Waals surface area (Å²) in [5.41, 5.74) is 3.67. The number of amides is 2. The van der Waals surface area contributed by atoms with E-state index in [9.17, 15) is 9.59 Å². The maximum atomic E-state index is 13.2. The van der Waals surface area contributed by atoms with E-state index in [1.165, 1.54) is 23.1 Å². The lowest BCUT2D eigenvalue weighted by Crippen LogP contribution is -2.28. The fourth-order valence-corrected chi connectivity index (χ4v) is 6.07. The van der Waals surface area contributed by atoms with Crippen LogP contribution >= 0.6 is 23.1 Å². The fraction of sp³-hybridized carbons (Fsp3) is 0.323. The maximum Gasteiger partial charge on any atom is 0.259 e. The van der Waals surface area contributed by atoms with Crippen molar-refractivity contribution in [3.63, 3.8) is 0 Å². The van der Waals surface area contributed by atoms with Crippen molar-refractivity contribution < 1.29 is 23.8 Å². The van der Waals surface area contributed by atoms with Crippen molar-refractivity contribution >= 4 is 50.8 Å². The molecule has 0 spiro atoms. The van der Waals surface area contributed by atoms with Crippen molar-refractivity contribution in [2.45, 2.75) is 38.1 Å². The highest BCUT2D eigenvalue weighted by atomic mass is 32.2. The quantitative estimate of drug-likeness (QED) is 0.173. The number of nitrogens with zero attached hydrogens (tertiary/aromatic N) is 1. The molecule has 10 heteroatoms. The lowest BCUT2D eigenvalue weighted by atomic mass is 10.1. The second kappa shape index (κ2) is 13.7. The van der Waals surface area contributed by atoms with Crippen molar-refractivity contribution in [2.24, 2.45) is 5.92 Å². The Morgan fingerprint density at radius 2 is 1.76 bits per heavy atom. The van der Waals surface area contributed by atoms with Gasteiger partial charge in [0, 0.05) is 11.3 Å². The highest BCUT2D eigenvalue weighted by molar-refractivity contribution is 8.01. The molecular weight excluding hydrogens is 558 g/mol. The first-order chi connectivity index (χ1) is 19.7. The van der Waals surface area contributed by atoms with E-state index in [4.69, 9.17) is 14.2 Å². The molecule has 8 nitrogen and oxygen atoms in total. The molecule has 0 aliphatic carbocycles. The Balaban J connectivity index is 1.37. The zero-order chi connectivity index (χ0) is 29.5. The fourth-order valence-electron chi connectivity index (χ4n) is 4.16. The number of carbonyl (C=O) groups is 2. The number of thioether (sulfide) groups is 1. The van der Waals surface area contributed by atoms with Crippen molar-refractivity contribution in [3.8, 4) is 17.2 Å². The maximum absolute atomic E-state index is 13.2. The van der Waals surface area contributed by atoms with Crippen LogP contribution in [0.5, 0.6) is 17.2 Å². The summed E-state index contributed by atoms with van der Waals surface area (Å²) in [5, 5.41) is 5.99. The molecule has 216 valence electrons. The van der Waals surface area contributed by atoms with Crippen molar-refractivity contribution in [1.82, 2.24) is 10.3 Å². The third-order valence-electron chi connectivity index (χ3n) is 6.32. The number of carbonyl (C=O) groups excluding carboxylic acids is 2. The number of ether oxygens (including phenoxy) is 3. The number of hydrogen-bond donors (Lipinski definition) is 2. The Kier molecular flexibility index (Phi) is 10.1. The van der Waals surface area contributed by atoms with Gasteiger partial charge in [0.15, 0.2) is 4.34 Å². The van der Waals surface area contributed by atoms with Crippen LogP contribution in [-0.2, 0) is 4.79 Å². The Hall–Kier alpha value is -3.76. The molecular formula is C31H35N3O5S2. The van der Waals surface area contributed by atoms with E-state index in [2.05, 4.69) is 29.5 Å². The summed E-state index contributed by atoms with van der Waals surface area (Å²) in [4.78, 5) is 30.4. The predicted octanol–water partition coefficient (Wildman–Crippen LogP) is 6.88. The number of aromatic nitrogens is 1. The summed E-state index contributed by atoms with van der Waals surface area (Å²) in [7, 11) is 3.17. The van der Waals surface area contributed by atoms with E-state index < -0.39 is 0 Å². The molecule has 0 saturated carbocycles. The van der Waals surface area contributed by atoms with Gasteiger partial charge in [0.2, 0.25) is 5.91 Å². The van der Waals surface area contributed by atoms with Gasteiger partial charge in [-0.1, -0.05) is 37.7 Å². The number of rotatable bonds is 12. The number of anilines is 1. The van der Waals surface area contributed by atoms with Crippen LogP contribution < -0.4 is 24.8 Å².